The quantitative estimate of drug-likeness (QED) is 0.921. The largest absolute Gasteiger partial charge is 0.386 e. The topological polar surface area (TPSA) is 33.1 Å². The van der Waals surface area contributed by atoms with E-state index in [2.05, 4.69) is 25.8 Å². The predicted octanol–water partition coefficient (Wildman–Crippen LogP) is 4.16. The van der Waals surface area contributed by atoms with Gasteiger partial charge in [-0.05, 0) is 30.2 Å². The van der Waals surface area contributed by atoms with Crippen LogP contribution in [0.4, 0.5) is 4.39 Å². The summed E-state index contributed by atoms with van der Waals surface area (Å²) in [5, 5.41) is 13.2. The van der Waals surface area contributed by atoms with Gasteiger partial charge in [0.2, 0.25) is 0 Å². The van der Waals surface area contributed by atoms with Crippen LogP contribution in [0.15, 0.2) is 23.6 Å². The van der Waals surface area contributed by atoms with Crippen LogP contribution in [0.3, 0.4) is 0 Å². The van der Waals surface area contributed by atoms with E-state index in [-0.39, 0.29) is 11.2 Å². The van der Waals surface area contributed by atoms with Crippen molar-refractivity contribution in [3.8, 4) is 0 Å². The van der Waals surface area contributed by atoms with E-state index >= 15 is 0 Å². The van der Waals surface area contributed by atoms with Crippen molar-refractivity contribution in [2.45, 2.75) is 45.6 Å². The summed E-state index contributed by atoms with van der Waals surface area (Å²) in [5.74, 6) is -0.246. The van der Waals surface area contributed by atoms with Crippen LogP contribution in [0, 0.1) is 12.7 Å². The minimum Gasteiger partial charge on any atom is -0.386 e. The molecule has 0 spiro atoms. The normalized spacial score (nSPS) is 13.5. The van der Waals surface area contributed by atoms with Gasteiger partial charge >= 0.3 is 0 Å². The number of aryl methyl sites for hydroxylation is 1. The molecule has 0 aliphatic heterocycles. The number of aliphatic hydroxyl groups excluding tert-OH is 1. The summed E-state index contributed by atoms with van der Waals surface area (Å²) >= 11 is 1.57. The molecule has 1 aromatic carbocycles. The summed E-state index contributed by atoms with van der Waals surface area (Å²) in [5.41, 5.74) is 2.50. The third-order valence-electron chi connectivity index (χ3n) is 3.22. The number of hydrogen-bond acceptors (Lipinski definition) is 3. The summed E-state index contributed by atoms with van der Waals surface area (Å²) in [4.78, 5) is 4.52. The third-order valence-corrected chi connectivity index (χ3v) is 4.51. The SMILES string of the molecule is Cc1cc(F)ccc1CC(O)c1csc(C(C)(C)C)n1. The summed E-state index contributed by atoms with van der Waals surface area (Å²) < 4.78 is 13.1. The average Bonchev–Trinajstić information content (AvgIpc) is 2.82. The maximum Gasteiger partial charge on any atom is 0.123 e. The Morgan fingerprint density at radius 2 is 2.05 bits per heavy atom. The first kappa shape index (κ1) is 15.1. The van der Waals surface area contributed by atoms with E-state index in [1.54, 1.807) is 17.4 Å². The molecule has 1 aromatic heterocycles. The lowest BCUT2D eigenvalue weighted by atomic mass is 9.98. The number of rotatable bonds is 3. The number of hydrogen-bond donors (Lipinski definition) is 1. The Hall–Kier alpha value is -1.26. The molecule has 1 unspecified atom stereocenters. The minimum absolute atomic E-state index is 0.00553. The zero-order chi connectivity index (χ0) is 14.9. The molecular weight excluding hydrogens is 273 g/mol. The van der Waals surface area contributed by atoms with Crippen molar-refractivity contribution in [1.29, 1.82) is 0 Å². The van der Waals surface area contributed by atoms with Crippen molar-refractivity contribution in [2.24, 2.45) is 0 Å². The number of nitrogens with zero attached hydrogens (tertiary/aromatic N) is 1. The Labute approximate surface area is 123 Å². The average molecular weight is 293 g/mol. The number of aromatic nitrogens is 1. The molecule has 4 heteroatoms. The van der Waals surface area contributed by atoms with E-state index in [0.717, 1.165) is 16.1 Å². The Morgan fingerprint density at radius 3 is 2.60 bits per heavy atom. The maximum atomic E-state index is 13.1. The highest BCUT2D eigenvalue weighted by Crippen LogP contribution is 2.29. The van der Waals surface area contributed by atoms with Gasteiger partial charge in [0.25, 0.3) is 0 Å². The van der Waals surface area contributed by atoms with Crippen LogP contribution in [0.2, 0.25) is 0 Å². The number of aliphatic hydroxyl groups is 1. The molecule has 0 bridgehead atoms. The number of halogens is 1. The smallest absolute Gasteiger partial charge is 0.123 e. The third kappa shape index (κ3) is 3.44. The highest BCUT2D eigenvalue weighted by Gasteiger charge is 2.21. The van der Waals surface area contributed by atoms with Crippen LogP contribution >= 0.6 is 11.3 Å². The second kappa shape index (κ2) is 5.62. The van der Waals surface area contributed by atoms with E-state index in [1.165, 1.54) is 12.1 Å². The van der Waals surface area contributed by atoms with Gasteiger partial charge in [-0.25, -0.2) is 9.37 Å². The van der Waals surface area contributed by atoms with Gasteiger partial charge in [-0.1, -0.05) is 26.8 Å². The fourth-order valence-corrected chi connectivity index (χ4v) is 2.94. The molecule has 0 aliphatic rings. The highest BCUT2D eigenvalue weighted by molar-refractivity contribution is 7.09. The summed E-state index contributed by atoms with van der Waals surface area (Å²) in [6.45, 7) is 8.16. The van der Waals surface area contributed by atoms with Crippen LogP contribution in [0.25, 0.3) is 0 Å². The van der Waals surface area contributed by atoms with Gasteiger partial charge in [-0.15, -0.1) is 11.3 Å². The lowest BCUT2D eigenvalue weighted by Gasteiger charge is -2.14. The molecule has 1 atom stereocenters. The zero-order valence-corrected chi connectivity index (χ0v) is 13.1. The van der Waals surface area contributed by atoms with Gasteiger partial charge in [-0.3, -0.25) is 0 Å². The Balaban J connectivity index is 2.16. The monoisotopic (exact) mass is 293 g/mol. The van der Waals surface area contributed by atoms with Crippen LogP contribution in [0.1, 0.15) is 48.7 Å². The van der Waals surface area contributed by atoms with Crippen molar-refractivity contribution in [3.63, 3.8) is 0 Å². The van der Waals surface area contributed by atoms with Gasteiger partial charge in [-0.2, -0.15) is 0 Å². The summed E-state index contributed by atoms with van der Waals surface area (Å²) in [6.07, 6.45) is -0.189. The lowest BCUT2D eigenvalue weighted by Crippen LogP contribution is -2.11. The van der Waals surface area contributed by atoms with E-state index in [4.69, 9.17) is 0 Å². The van der Waals surface area contributed by atoms with Gasteiger partial charge in [0, 0.05) is 17.2 Å². The molecule has 0 aliphatic carbocycles. The predicted molar refractivity (Wildman–Crippen MR) is 80.6 cm³/mol. The first-order valence-electron chi connectivity index (χ1n) is 6.66. The molecule has 2 aromatic rings. The maximum absolute atomic E-state index is 13.1. The molecule has 1 heterocycles. The molecule has 2 nitrogen and oxygen atoms in total. The van der Waals surface area contributed by atoms with Gasteiger partial charge in [0.15, 0.2) is 0 Å². The first-order valence-corrected chi connectivity index (χ1v) is 7.54. The van der Waals surface area contributed by atoms with E-state index in [1.807, 2.05) is 12.3 Å². The van der Waals surface area contributed by atoms with E-state index in [0.29, 0.717) is 12.1 Å². The molecule has 2 rings (SSSR count). The molecule has 1 N–H and O–H groups in total. The summed E-state index contributed by atoms with van der Waals surface area (Å²) in [6, 6.07) is 4.64. The van der Waals surface area contributed by atoms with Crippen LogP contribution < -0.4 is 0 Å². The van der Waals surface area contributed by atoms with Crippen molar-refractivity contribution in [3.05, 3.63) is 51.2 Å². The van der Waals surface area contributed by atoms with Gasteiger partial charge < -0.3 is 5.11 Å². The zero-order valence-electron chi connectivity index (χ0n) is 12.3. The van der Waals surface area contributed by atoms with Gasteiger partial charge in [0.1, 0.15) is 11.9 Å². The van der Waals surface area contributed by atoms with Crippen molar-refractivity contribution in [1.82, 2.24) is 4.98 Å². The number of benzene rings is 1. The molecule has 0 radical (unpaired) electrons. The standard InChI is InChI=1S/C16H20FNOS/c1-10-7-12(17)6-5-11(10)8-14(19)13-9-20-15(18-13)16(2,3)4/h5-7,9,14,19H,8H2,1-4H3. The van der Waals surface area contributed by atoms with Crippen molar-refractivity contribution in [2.75, 3.05) is 0 Å². The Bertz CT molecular complexity index is 601. The second-order valence-electron chi connectivity index (χ2n) is 6.12. The molecule has 108 valence electrons. The number of thiazole rings is 1. The Morgan fingerprint density at radius 1 is 1.35 bits per heavy atom. The molecule has 20 heavy (non-hydrogen) atoms. The highest BCUT2D eigenvalue weighted by atomic mass is 32.1. The van der Waals surface area contributed by atoms with Crippen molar-refractivity contribution < 1.29 is 9.50 Å². The molecule has 0 fully saturated rings. The minimum atomic E-state index is -0.647. The fraction of sp³-hybridized carbons (Fsp3) is 0.438. The molecule has 0 amide bonds. The molecular formula is C16H20FNOS. The molecule has 0 saturated heterocycles. The van der Waals surface area contributed by atoms with Crippen LogP contribution in [0.5, 0.6) is 0 Å². The Kier molecular flexibility index (Phi) is 4.25. The summed E-state index contributed by atoms with van der Waals surface area (Å²) in [7, 11) is 0. The second-order valence-corrected chi connectivity index (χ2v) is 6.98. The first-order chi connectivity index (χ1) is 9.27. The van der Waals surface area contributed by atoms with Crippen molar-refractivity contribution >= 4 is 11.3 Å². The lowest BCUT2D eigenvalue weighted by molar-refractivity contribution is 0.173. The van der Waals surface area contributed by atoms with Crippen LogP contribution in [-0.4, -0.2) is 10.1 Å². The fourth-order valence-electron chi connectivity index (χ4n) is 1.98. The van der Waals surface area contributed by atoms with E-state index < -0.39 is 6.10 Å². The van der Waals surface area contributed by atoms with Crippen LogP contribution in [-0.2, 0) is 11.8 Å². The van der Waals surface area contributed by atoms with Gasteiger partial charge in [0.05, 0.1) is 10.7 Å². The molecule has 0 saturated carbocycles. The van der Waals surface area contributed by atoms with E-state index in [9.17, 15) is 9.50 Å².